The molecule has 2 heterocycles. The Bertz CT molecular complexity index is 974. The van der Waals surface area contributed by atoms with Gasteiger partial charge in [0.05, 0.1) is 17.0 Å². The van der Waals surface area contributed by atoms with Crippen LogP contribution in [-0.4, -0.2) is 65.6 Å². The lowest BCUT2D eigenvalue weighted by molar-refractivity contribution is 0.272. The van der Waals surface area contributed by atoms with Gasteiger partial charge in [-0.05, 0) is 25.0 Å². The molecule has 2 fully saturated rings. The van der Waals surface area contributed by atoms with Crippen molar-refractivity contribution in [3.63, 3.8) is 0 Å². The Morgan fingerprint density at radius 3 is 2.29 bits per heavy atom. The van der Waals surface area contributed by atoms with Gasteiger partial charge < -0.3 is 0 Å². The number of aromatic nitrogens is 2. The fraction of sp³-hybridized carbons (Fsp3) is 0.538. The number of benzene rings is 1. The fourth-order valence-corrected chi connectivity index (χ4v) is 6.87. The predicted molar refractivity (Wildman–Crippen MR) is 89.7 cm³/mol. The molecule has 8 nitrogen and oxygen atoms in total. The molecule has 1 aliphatic carbocycles. The predicted octanol–water partition coefficient (Wildman–Crippen LogP) is 0.490. The molecule has 2 aliphatic rings. The molecule has 0 unspecified atom stereocenters. The van der Waals surface area contributed by atoms with Crippen LogP contribution >= 0.6 is 11.7 Å². The summed E-state index contributed by atoms with van der Waals surface area (Å²) >= 11 is 0.973. The fourth-order valence-electron chi connectivity index (χ4n) is 2.87. The average Bonchev–Trinajstić information content (AvgIpc) is 3.33. The monoisotopic (exact) mass is 388 g/mol. The highest BCUT2D eigenvalue weighted by molar-refractivity contribution is 7.90. The Morgan fingerprint density at radius 2 is 1.62 bits per heavy atom. The minimum atomic E-state index is -3.72. The highest BCUT2D eigenvalue weighted by atomic mass is 32.2. The van der Waals surface area contributed by atoms with Crippen molar-refractivity contribution in [1.29, 1.82) is 0 Å². The molecule has 1 saturated carbocycles. The van der Waals surface area contributed by atoms with Crippen LogP contribution in [0.3, 0.4) is 0 Å². The van der Waals surface area contributed by atoms with Gasteiger partial charge in [-0.2, -0.15) is 17.4 Å². The van der Waals surface area contributed by atoms with E-state index in [2.05, 4.69) is 8.75 Å². The molecule has 130 valence electrons. The number of hydrogen-bond donors (Lipinski definition) is 0. The van der Waals surface area contributed by atoms with Gasteiger partial charge in [0, 0.05) is 26.2 Å². The maximum atomic E-state index is 12.9. The zero-order valence-electron chi connectivity index (χ0n) is 12.7. The number of sulfonamides is 2. The second-order valence-corrected chi connectivity index (χ2v) is 10.6. The topological polar surface area (TPSA) is 101 Å². The number of fused-ring (bicyclic) bond motifs is 1. The van der Waals surface area contributed by atoms with E-state index in [4.69, 9.17) is 0 Å². The maximum Gasteiger partial charge on any atom is 0.245 e. The van der Waals surface area contributed by atoms with Gasteiger partial charge in [0.1, 0.15) is 15.9 Å². The molecule has 2 aromatic rings. The zero-order chi connectivity index (χ0) is 16.9. The van der Waals surface area contributed by atoms with Gasteiger partial charge in [-0.15, -0.1) is 0 Å². The standard InChI is InChI=1S/C13H16N4O4S3/c18-23(19,10-4-5-10)16-6-8-17(9-7-16)24(20,21)12-3-1-2-11-13(12)15-22-14-11/h1-3,10H,4-9H2. The number of hydrogen-bond acceptors (Lipinski definition) is 7. The summed E-state index contributed by atoms with van der Waals surface area (Å²) in [6.45, 7) is 0.706. The van der Waals surface area contributed by atoms with Crippen molar-refractivity contribution in [2.24, 2.45) is 0 Å². The first-order valence-corrected chi connectivity index (χ1v) is 11.3. The van der Waals surface area contributed by atoms with E-state index in [1.807, 2.05) is 0 Å². The van der Waals surface area contributed by atoms with Gasteiger partial charge in [-0.1, -0.05) is 6.07 Å². The van der Waals surface area contributed by atoms with Crippen LogP contribution in [0, 0.1) is 0 Å². The van der Waals surface area contributed by atoms with Gasteiger partial charge in [-0.3, -0.25) is 0 Å². The summed E-state index contributed by atoms with van der Waals surface area (Å²) in [6.07, 6.45) is 1.42. The third-order valence-corrected chi connectivity index (χ3v) is 9.24. The number of nitrogens with zero attached hydrogens (tertiary/aromatic N) is 4. The summed E-state index contributed by atoms with van der Waals surface area (Å²) in [7, 11) is -6.97. The molecule has 0 spiro atoms. The molecule has 1 aromatic heterocycles. The summed E-state index contributed by atoms with van der Waals surface area (Å²) in [6, 6.07) is 4.88. The molecule has 1 saturated heterocycles. The maximum absolute atomic E-state index is 12.9. The molecule has 0 amide bonds. The highest BCUT2D eigenvalue weighted by Crippen LogP contribution is 2.32. The van der Waals surface area contributed by atoms with E-state index in [1.54, 1.807) is 12.1 Å². The highest BCUT2D eigenvalue weighted by Gasteiger charge is 2.42. The lowest BCUT2D eigenvalue weighted by atomic mass is 10.3. The van der Waals surface area contributed by atoms with Crippen LogP contribution in [0.1, 0.15) is 12.8 Å². The minimum absolute atomic E-state index is 0.132. The smallest absolute Gasteiger partial charge is 0.212 e. The summed E-state index contributed by atoms with van der Waals surface area (Å²) in [5.74, 6) is 0. The van der Waals surface area contributed by atoms with Crippen molar-refractivity contribution in [1.82, 2.24) is 17.4 Å². The van der Waals surface area contributed by atoms with Crippen molar-refractivity contribution in [3.8, 4) is 0 Å². The Kier molecular flexibility index (Phi) is 3.88. The molecule has 11 heteroatoms. The van der Waals surface area contributed by atoms with Gasteiger partial charge >= 0.3 is 0 Å². The molecular formula is C13H16N4O4S3. The first kappa shape index (κ1) is 16.3. The first-order chi connectivity index (χ1) is 11.4. The van der Waals surface area contributed by atoms with Gasteiger partial charge in [0.2, 0.25) is 20.0 Å². The second-order valence-electron chi connectivity index (χ2n) is 5.94. The summed E-state index contributed by atoms with van der Waals surface area (Å²) in [5.41, 5.74) is 0.923. The molecule has 0 atom stereocenters. The van der Waals surface area contributed by atoms with Crippen molar-refractivity contribution in [3.05, 3.63) is 18.2 Å². The number of piperazine rings is 1. The van der Waals surface area contributed by atoms with Crippen LogP contribution in [-0.2, 0) is 20.0 Å². The van der Waals surface area contributed by atoms with E-state index in [9.17, 15) is 16.8 Å². The van der Waals surface area contributed by atoms with Crippen LogP contribution in [0.25, 0.3) is 11.0 Å². The van der Waals surface area contributed by atoms with E-state index in [-0.39, 0.29) is 36.3 Å². The molecule has 0 N–H and O–H groups in total. The molecule has 0 bridgehead atoms. The Labute approximate surface area is 144 Å². The Morgan fingerprint density at radius 1 is 0.958 bits per heavy atom. The Hall–Kier alpha value is -1.14. The summed E-state index contributed by atoms with van der Waals surface area (Å²) in [4.78, 5) is 0.132. The van der Waals surface area contributed by atoms with Crippen LogP contribution in [0.15, 0.2) is 23.1 Å². The Balaban J connectivity index is 1.57. The first-order valence-electron chi connectivity index (χ1n) is 7.61. The third-order valence-electron chi connectivity index (χ3n) is 4.37. The lowest BCUT2D eigenvalue weighted by Gasteiger charge is -2.33. The van der Waals surface area contributed by atoms with Crippen molar-refractivity contribution in [2.75, 3.05) is 26.2 Å². The van der Waals surface area contributed by atoms with Crippen molar-refractivity contribution in [2.45, 2.75) is 23.0 Å². The van der Waals surface area contributed by atoms with Crippen LogP contribution < -0.4 is 0 Å². The summed E-state index contributed by atoms with van der Waals surface area (Å²) < 4.78 is 61.2. The third kappa shape index (κ3) is 2.64. The lowest BCUT2D eigenvalue weighted by Crippen LogP contribution is -2.51. The SMILES string of the molecule is O=S(=O)(c1cccc2nsnc12)N1CCN(S(=O)(=O)C2CC2)CC1. The van der Waals surface area contributed by atoms with E-state index in [0.29, 0.717) is 23.9 Å². The van der Waals surface area contributed by atoms with Gasteiger partial charge in [-0.25, -0.2) is 16.8 Å². The minimum Gasteiger partial charge on any atom is -0.212 e. The molecule has 0 radical (unpaired) electrons. The number of rotatable bonds is 4. The molecule has 4 rings (SSSR count). The molecule has 1 aromatic carbocycles. The second kappa shape index (κ2) is 5.70. The van der Waals surface area contributed by atoms with E-state index < -0.39 is 20.0 Å². The molecular weight excluding hydrogens is 372 g/mol. The van der Waals surface area contributed by atoms with E-state index in [0.717, 1.165) is 11.7 Å². The van der Waals surface area contributed by atoms with Gasteiger partial charge in [0.25, 0.3) is 0 Å². The molecule has 24 heavy (non-hydrogen) atoms. The largest absolute Gasteiger partial charge is 0.245 e. The van der Waals surface area contributed by atoms with Crippen LogP contribution in [0.5, 0.6) is 0 Å². The van der Waals surface area contributed by atoms with Crippen LogP contribution in [0.4, 0.5) is 0 Å². The normalized spacial score (nSPS) is 21.3. The van der Waals surface area contributed by atoms with Crippen molar-refractivity contribution >= 4 is 42.8 Å². The van der Waals surface area contributed by atoms with Crippen molar-refractivity contribution < 1.29 is 16.8 Å². The zero-order valence-corrected chi connectivity index (χ0v) is 15.1. The quantitative estimate of drug-likeness (QED) is 0.756. The molecule has 1 aliphatic heterocycles. The summed E-state index contributed by atoms with van der Waals surface area (Å²) in [5, 5.41) is -0.268. The van der Waals surface area contributed by atoms with E-state index in [1.165, 1.54) is 14.7 Å². The van der Waals surface area contributed by atoms with E-state index >= 15 is 0 Å². The van der Waals surface area contributed by atoms with Gasteiger partial charge in [0.15, 0.2) is 0 Å². The van der Waals surface area contributed by atoms with Crippen LogP contribution in [0.2, 0.25) is 0 Å². The average molecular weight is 388 g/mol.